The molecule has 0 amide bonds. The average Bonchev–Trinajstić information content (AvgIpc) is 3.65. The van der Waals surface area contributed by atoms with E-state index < -0.39 is 0 Å². The van der Waals surface area contributed by atoms with Crippen LogP contribution >= 0.6 is 0 Å². The molecule has 1 aliphatic heterocycles. The van der Waals surface area contributed by atoms with Gasteiger partial charge in [-0.05, 0) is 74.2 Å². The molecule has 0 unspecified atom stereocenters. The monoisotopic (exact) mass is 401 g/mol. The minimum Gasteiger partial charge on any atom is -0.497 e. The predicted octanol–water partition coefficient (Wildman–Crippen LogP) is 4.67. The molecule has 1 aliphatic carbocycles. The van der Waals surface area contributed by atoms with E-state index in [0.29, 0.717) is 6.04 Å². The molecule has 0 bridgehead atoms. The summed E-state index contributed by atoms with van der Waals surface area (Å²) in [4.78, 5) is 17.7. The van der Waals surface area contributed by atoms with Gasteiger partial charge in [-0.15, -0.1) is 0 Å². The number of fused-ring (bicyclic) bond motifs is 1. The van der Waals surface area contributed by atoms with Gasteiger partial charge in [0, 0.05) is 23.5 Å². The van der Waals surface area contributed by atoms with Gasteiger partial charge in [-0.3, -0.25) is 9.78 Å². The van der Waals surface area contributed by atoms with Crippen molar-refractivity contribution in [2.75, 3.05) is 25.5 Å². The summed E-state index contributed by atoms with van der Waals surface area (Å²) in [7, 11) is 1.68. The molecular weight excluding hydrogens is 374 g/mol. The summed E-state index contributed by atoms with van der Waals surface area (Å²) >= 11 is 0. The SMILES string of the molecule is COc1cccc(-c2ccc3ncc(C(=O)C4CC4)c(NC4CCNCC4)c3c2)c1. The molecule has 2 aromatic carbocycles. The number of nitrogens with one attached hydrogen (secondary N) is 2. The normalized spacial score (nSPS) is 17.1. The number of hydrogen-bond acceptors (Lipinski definition) is 5. The molecule has 2 aliphatic rings. The van der Waals surface area contributed by atoms with Gasteiger partial charge in [0.2, 0.25) is 0 Å². The van der Waals surface area contributed by atoms with Crippen LogP contribution in [0.2, 0.25) is 0 Å². The summed E-state index contributed by atoms with van der Waals surface area (Å²) in [5, 5.41) is 8.16. The zero-order chi connectivity index (χ0) is 20.5. The molecule has 1 saturated heterocycles. The molecule has 0 atom stereocenters. The molecule has 1 saturated carbocycles. The van der Waals surface area contributed by atoms with Gasteiger partial charge in [0.05, 0.1) is 23.9 Å². The van der Waals surface area contributed by atoms with E-state index in [9.17, 15) is 4.79 Å². The molecule has 0 spiro atoms. The summed E-state index contributed by atoms with van der Waals surface area (Å²) in [6.45, 7) is 2.00. The molecule has 30 heavy (non-hydrogen) atoms. The number of Topliss-reactive ketones (excluding diaryl/α,β-unsaturated/α-hetero) is 1. The number of piperidine rings is 1. The van der Waals surface area contributed by atoms with Gasteiger partial charge >= 0.3 is 0 Å². The third-order valence-corrected chi connectivity index (χ3v) is 6.17. The Bertz CT molecular complexity index is 1080. The van der Waals surface area contributed by atoms with Crippen LogP contribution in [-0.4, -0.2) is 37.0 Å². The van der Waals surface area contributed by atoms with Crippen molar-refractivity contribution < 1.29 is 9.53 Å². The zero-order valence-corrected chi connectivity index (χ0v) is 17.3. The summed E-state index contributed by atoms with van der Waals surface area (Å²) in [5.74, 6) is 1.23. The third kappa shape index (κ3) is 3.77. The Morgan fingerprint density at radius 2 is 1.87 bits per heavy atom. The van der Waals surface area contributed by atoms with Crippen molar-refractivity contribution in [2.24, 2.45) is 5.92 Å². The molecule has 3 aromatic rings. The van der Waals surface area contributed by atoms with Gasteiger partial charge in [0.25, 0.3) is 0 Å². The second-order valence-corrected chi connectivity index (χ2v) is 8.32. The molecule has 1 aromatic heterocycles. The first-order valence-corrected chi connectivity index (χ1v) is 10.8. The van der Waals surface area contributed by atoms with Crippen LogP contribution in [0, 0.1) is 5.92 Å². The van der Waals surface area contributed by atoms with E-state index in [-0.39, 0.29) is 11.7 Å². The highest BCUT2D eigenvalue weighted by Crippen LogP contribution is 2.38. The molecule has 5 rings (SSSR count). The van der Waals surface area contributed by atoms with Crippen LogP contribution in [-0.2, 0) is 0 Å². The minimum absolute atomic E-state index is 0.166. The largest absolute Gasteiger partial charge is 0.497 e. The van der Waals surface area contributed by atoms with Gasteiger partial charge in [0.1, 0.15) is 5.75 Å². The van der Waals surface area contributed by atoms with Crippen molar-refractivity contribution in [3.05, 3.63) is 54.2 Å². The number of ether oxygens (including phenoxy) is 1. The number of anilines is 1. The van der Waals surface area contributed by atoms with Crippen molar-refractivity contribution in [1.29, 1.82) is 0 Å². The van der Waals surface area contributed by atoms with E-state index in [0.717, 1.165) is 77.8 Å². The maximum Gasteiger partial charge on any atom is 0.169 e. The van der Waals surface area contributed by atoms with Gasteiger partial charge < -0.3 is 15.4 Å². The van der Waals surface area contributed by atoms with E-state index in [1.54, 1.807) is 13.3 Å². The average molecular weight is 402 g/mol. The fraction of sp³-hybridized carbons (Fsp3) is 0.360. The van der Waals surface area contributed by atoms with Crippen LogP contribution in [0.1, 0.15) is 36.0 Å². The number of carbonyl (C=O) groups excluding carboxylic acids is 1. The fourth-order valence-electron chi connectivity index (χ4n) is 4.25. The zero-order valence-electron chi connectivity index (χ0n) is 17.3. The fourth-order valence-corrected chi connectivity index (χ4v) is 4.25. The van der Waals surface area contributed by atoms with Gasteiger partial charge in [-0.2, -0.15) is 0 Å². The molecule has 2 heterocycles. The maximum absolute atomic E-state index is 13.0. The summed E-state index contributed by atoms with van der Waals surface area (Å²) in [6, 6.07) is 14.7. The Morgan fingerprint density at radius 1 is 1.07 bits per heavy atom. The van der Waals surface area contributed by atoms with E-state index in [2.05, 4.69) is 33.8 Å². The molecule has 5 heteroatoms. The van der Waals surface area contributed by atoms with Crippen molar-refractivity contribution in [1.82, 2.24) is 10.3 Å². The van der Waals surface area contributed by atoms with E-state index in [1.807, 2.05) is 24.3 Å². The van der Waals surface area contributed by atoms with Crippen molar-refractivity contribution in [3.63, 3.8) is 0 Å². The number of aromatic nitrogens is 1. The number of pyridine rings is 1. The highest BCUT2D eigenvalue weighted by atomic mass is 16.5. The Morgan fingerprint density at radius 3 is 2.63 bits per heavy atom. The maximum atomic E-state index is 13.0. The van der Waals surface area contributed by atoms with E-state index in [4.69, 9.17) is 4.74 Å². The number of benzene rings is 2. The van der Waals surface area contributed by atoms with Gasteiger partial charge in [-0.25, -0.2) is 0 Å². The standard InChI is InChI=1S/C25H27N3O2/c1-30-20-4-2-3-17(13-20)18-7-8-23-21(14-18)24(28-19-9-11-26-12-10-19)22(15-27-23)25(29)16-5-6-16/h2-4,7-8,13-16,19,26H,5-6,9-12H2,1H3,(H,27,28). The molecule has 5 nitrogen and oxygen atoms in total. The van der Waals surface area contributed by atoms with Crippen LogP contribution < -0.4 is 15.4 Å². The number of carbonyl (C=O) groups is 1. The van der Waals surface area contributed by atoms with Crippen LogP contribution in [0.15, 0.2) is 48.7 Å². The highest BCUT2D eigenvalue weighted by molar-refractivity contribution is 6.10. The van der Waals surface area contributed by atoms with Gasteiger partial charge in [-0.1, -0.05) is 18.2 Å². The summed E-state index contributed by atoms with van der Waals surface area (Å²) in [6.07, 6.45) is 5.87. The molecule has 2 fully saturated rings. The first-order chi connectivity index (χ1) is 14.7. The quantitative estimate of drug-likeness (QED) is 0.588. The second-order valence-electron chi connectivity index (χ2n) is 8.32. The van der Waals surface area contributed by atoms with Crippen LogP contribution in [0.3, 0.4) is 0 Å². The van der Waals surface area contributed by atoms with Crippen molar-refractivity contribution in [2.45, 2.75) is 31.7 Å². The van der Waals surface area contributed by atoms with Crippen molar-refractivity contribution >= 4 is 22.4 Å². The lowest BCUT2D eigenvalue weighted by molar-refractivity contribution is 0.0968. The number of hydrogen-bond donors (Lipinski definition) is 2. The lowest BCUT2D eigenvalue weighted by atomic mass is 9.97. The Balaban J connectivity index is 1.62. The number of rotatable bonds is 6. The molecule has 2 N–H and O–H groups in total. The summed E-state index contributed by atoms with van der Waals surface area (Å²) < 4.78 is 5.40. The molecule has 0 radical (unpaired) electrons. The van der Waals surface area contributed by atoms with Crippen LogP contribution in [0.4, 0.5) is 5.69 Å². The smallest absolute Gasteiger partial charge is 0.169 e. The molecular formula is C25H27N3O2. The van der Waals surface area contributed by atoms with Gasteiger partial charge in [0.15, 0.2) is 5.78 Å². The Hall–Kier alpha value is -2.92. The summed E-state index contributed by atoms with van der Waals surface area (Å²) in [5.41, 5.74) is 4.78. The third-order valence-electron chi connectivity index (χ3n) is 6.17. The Labute approximate surface area is 176 Å². The number of methoxy groups -OCH3 is 1. The van der Waals surface area contributed by atoms with E-state index in [1.165, 1.54) is 0 Å². The number of ketones is 1. The topological polar surface area (TPSA) is 63.2 Å². The van der Waals surface area contributed by atoms with Crippen molar-refractivity contribution in [3.8, 4) is 16.9 Å². The van der Waals surface area contributed by atoms with E-state index >= 15 is 0 Å². The minimum atomic E-state index is 0.166. The van der Waals surface area contributed by atoms with Crippen LogP contribution in [0.5, 0.6) is 5.75 Å². The second kappa shape index (κ2) is 8.07. The highest BCUT2D eigenvalue weighted by Gasteiger charge is 2.33. The van der Waals surface area contributed by atoms with Crippen LogP contribution in [0.25, 0.3) is 22.0 Å². The first kappa shape index (κ1) is 19.1. The number of nitrogens with zero attached hydrogens (tertiary/aromatic N) is 1. The molecule has 154 valence electrons. The predicted molar refractivity (Wildman–Crippen MR) is 120 cm³/mol. The Kier molecular flexibility index (Phi) is 5.13. The first-order valence-electron chi connectivity index (χ1n) is 10.8. The lowest BCUT2D eigenvalue weighted by Gasteiger charge is -2.26. The lowest BCUT2D eigenvalue weighted by Crippen LogP contribution is -2.35.